The van der Waals surface area contributed by atoms with Gasteiger partial charge in [0.15, 0.2) is 5.17 Å². The molecular formula is C26H34N2O3S. The highest BCUT2D eigenvalue weighted by atomic mass is 32.2. The van der Waals surface area contributed by atoms with Gasteiger partial charge in [-0.3, -0.25) is 4.99 Å². The third kappa shape index (κ3) is 5.37. The van der Waals surface area contributed by atoms with E-state index in [1.165, 1.54) is 11.1 Å². The molecule has 0 N–H and O–H groups in total. The molecule has 1 unspecified atom stereocenters. The lowest BCUT2D eigenvalue weighted by atomic mass is 9.86. The third-order valence-corrected chi connectivity index (χ3v) is 7.47. The van der Waals surface area contributed by atoms with E-state index in [0.29, 0.717) is 13.2 Å². The highest BCUT2D eigenvalue weighted by Crippen LogP contribution is 2.42. The van der Waals surface area contributed by atoms with Crippen molar-refractivity contribution in [2.45, 2.75) is 63.3 Å². The zero-order valence-electron chi connectivity index (χ0n) is 19.4. The van der Waals surface area contributed by atoms with Gasteiger partial charge in [-0.15, -0.1) is 0 Å². The maximum absolute atomic E-state index is 6.64. The van der Waals surface area contributed by atoms with E-state index in [9.17, 15) is 0 Å². The molecule has 6 atom stereocenters. The van der Waals surface area contributed by atoms with Gasteiger partial charge in [-0.25, -0.2) is 0 Å². The van der Waals surface area contributed by atoms with Crippen molar-refractivity contribution in [2.24, 2.45) is 10.9 Å². The Kier molecular flexibility index (Phi) is 7.89. The van der Waals surface area contributed by atoms with Gasteiger partial charge in [0.25, 0.3) is 0 Å². The molecule has 4 rings (SSSR count). The first-order chi connectivity index (χ1) is 15.6. The van der Waals surface area contributed by atoms with Crippen molar-refractivity contribution in [1.82, 2.24) is 4.90 Å². The molecule has 2 aliphatic heterocycles. The molecule has 32 heavy (non-hydrogen) atoms. The second-order valence-electron chi connectivity index (χ2n) is 8.75. The van der Waals surface area contributed by atoms with Crippen molar-refractivity contribution in [1.29, 1.82) is 0 Å². The summed E-state index contributed by atoms with van der Waals surface area (Å²) in [4.78, 5) is 7.04. The average Bonchev–Trinajstić information content (AvgIpc) is 3.25. The molecule has 0 aliphatic carbocycles. The van der Waals surface area contributed by atoms with Crippen LogP contribution in [0.4, 0.5) is 0 Å². The first kappa shape index (κ1) is 23.3. The SMILES string of the molecule is CCC(OCc1ccccc1)[C@H]1O[C@@H]2SC(N(C)C)=N[C@@H]2[C@@H](OCc2ccccc2)[C@@H]1C. The topological polar surface area (TPSA) is 43.3 Å². The van der Waals surface area contributed by atoms with Gasteiger partial charge >= 0.3 is 0 Å². The molecule has 0 bridgehead atoms. The van der Waals surface area contributed by atoms with Gasteiger partial charge in [-0.2, -0.15) is 0 Å². The normalized spacial score (nSPS) is 28.1. The number of hydrogen-bond acceptors (Lipinski definition) is 6. The fraction of sp³-hybridized carbons (Fsp3) is 0.500. The molecule has 2 aliphatic rings. The van der Waals surface area contributed by atoms with E-state index in [1.807, 2.05) is 38.4 Å². The van der Waals surface area contributed by atoms with E-state index in [2.05, 4.69) is 55.1 Å². The first-order valence-corrected chi connectivity index (χ1v) is 12.3. The van der Waals surface area contributed by atoms with Crippen molar-refractivity contribution in [3.63, 3.8) is 0 Å². The van der Waals surface area contributed by atoms with Gasteiger partial charge in [0.1, 0.15) is 11.5 Å². The number of hydrogen-bond donors (Lipinski definition) is 0. The summed E-state index contributed by atoms with van der Waals surface area (Å²) in [5.41, 5.74) is 2.30. The average molecular weight is 455 g/mol. The van der Waals surface area contributed by atoms with Crippen LogP contribution in [0.5, 0.6) is 0 Å². The highest BCUT2D eigenvalue weighted by Gasteiger charge is 2.50. The van der Waals surface area contributed by atoms with Crippen molar-refractivity contribution >= 4 is 16.9 Å². The van der Waals surface area contributed by atoms with Gasteiger partial charge in [0.2, 0.25) is 0 Å². The van der Waals surface area contributed by atoms with Crippen LogP contribution < -0.4 is 0 Å². The number of benzene rings is 2. The zero-order valence-corrected chi connectivity index (χ0v) is 20.2. The van der Waals surface area contributed by atoms with E-state index >= 15 is 0 Å². The summed E-state index contributed by atoms with van der Waals surface area (Å²) in [5.74, 6) is 0.159. The second-order valence-corrected chi connectivity index (χ2v) is 9.81. The standard InChI is InChI=1S/C26H34N2O3S/c1-5-21(29-16-19-12-8-6-9-13-19)23-18(2)24(30-17-20-14-10-7-11-15-20)22-25(31-23)32-26(27-22)28(3)4/h6-15,18,21-25H,5,16-17H2,1-4H3/t18-,21?,22-,23+,24+,25-/m1/s1. The minimum atomic E-state index is -0.0521. The maximum atomic E-state index is 6.64. The van der Waals surface area contributed by atoms with Crippen molar-refractivity contribution in [2.75, 3.05) is 14.1 Å². The summed E-state index contributed by atoms with van der Waals surface area (Å²) in [7, 11) is 4.06. The van der Waals surface area contributed by atoms with Crippen LogP contribution in [-0.2, 0) is 27.4 Å². The number of fused-ring (bicyclic) bond motifs is 1. The summed E-state index contributed by atoms with van der Waals surface area (Å²) in [5, 5.41) is 0.999. The molecule has 1 fully saturated rings. The summed E-state index contributed by atoms with van der Waals surface area (Å²) in [6, 6.07) is 20.7. The molecule has 1 saturated heterocycles. The number of thioether (sulfide) groups is 1. The Morgan fingerprint density at radius 2 is 1.62 bits per heavy atom. The minimum Gasteiger partial charge on any atom is -0.371 e. The Morgan fingerprint density at radius 1 is 1.00 bits per heavy atom. The number of amidine groups is 1. The van der Waals surface area contributed by atoms with Gasteiger partial charge in [-0.1, -0.05) is 86.3 Å². The molecule has 2 aromatic rings. The van der Waals surface area contributed by atoms with Gasteiger partial charge in [-0.05, 0) is 17.5 Å². The molecule has 2 heterocycles. The Balaban J connectivity index is 1.50. The van der Waals surface area contributed by atoms with Crippen LogP contribution in [0.3, 0.4) is 0 Å². The van der Waals surface area contributed by atoms with Crippen LogP contribution in [0, 0.1) is 5.92 Å². The second kappa shape index (κ2) is 10.8. The van der Waals surface area contributed by atoms with Crippen molar-refractivity contribution < 1.29 is 14.2 Å². The molecule has 0 radical (unpaired) electrons. The van der Waals surface area contributed by atoms with Crippen LogP contribution in [0.1, 0.15) is 31.4 Å². The summed E-state index contributed by atoms with van der Waals surface area (Å²) in [6.07, 6.45) is 0.808. The monoisotopic (exact) mass is 454 g/mol. The molecule has 0 saturated carbocycles. The van der Waals surface area contributed by atoms with E-state index in [0.717, 1.165) is 11.6 Å². The van der Waals surface area contributed by atoms with E-state index in [1.54, 1.807) is 11.8 Å². The molecule has 172 valence electrons. The Hall–Kier alpha value is -1.86. The molecule has 0 spiro atoms. The smallest absolute Gasteiger partial charge is 0.161 e. The third-order valence-electron chi connectivity index (χ3n) is 6.17. The predicted molar refractivity (Wildman–Crippen MR) is 131 cm³/mol. The molecule has 2 aromatic carbocycles. The van der Waals surface area contributed by atoms with Crippen molar-refractivity contribution in [3.8, 4) is 0 Å². The van der Waals surface area contributed by atoms with E-state index < -0.39 is 0 Å². The van der Waals surface area contributed by atoms with Crippen LogP contribution in [0.15, 0.2) is 65.7 Å². The predicted octanol–water partition coefficient (Wildman–Crippen LogP) is 4.96. The first-order valence-electron chi connectivity index (χ1n) is 11.4. The molecule has 6 heteroatoms. The lowest BCUT2D eigenvalue weighted by Gasteiger charge is -2.44. The molecular weight excluding hydrogens is 420 g/mol. The van der Waals surface area contributed by atoms with E-state index in [-0.39, 0.29) is 35.7 Å². The number of ether oxygens (including phenoxy) is 3. The summed E-state index contributed by atoms with van der Waals surface area (Å²) < 4.78 is 19.6. The summed E-state index contributed by atoms with van der Waals surface area (Å²) >= 11 is 1.69. The zero-order chi connectivity index (χ0) is 22.5. The van der Waals surface area contributed by atoms with Crippen LogP contribution in [0.2, 0.25) is 0 Å². The largest absolute Gasteiger partial charge is 0.371 e. The lowest BCUT2D eigenvalue weighted by Crippen LogP contribution is -2.55. The fourth-order valence-electron chi connectivity index (χ4n) is 4.39. The van der Waals surface area contributed by atoms with Crippen LogP contribution >= 0.6 is 11.8 Å². The van der Waals surface area contributed by atoms with Crippen molar-refractivity contribution in [3.05, 3.63) is 71.8 Å². The minimum absolute atomic E-state index is 0.00186. The van der Waals surface area contributed by atoms with Crippen LogP contribution in [-0.4, -0.2) is 54.0 Å². The molecule has 0 aromatic heterocycles. The number of aliphatic imine (C=N–C) groups is 1. The Labute approximate surface area is 196 Å². The quantitative estimate of drug-likeness (QED) is 0.564. The lowest BCUT2D eigenvalue weighted by molar-refractivity contribution is -0.181. The van der Waals surface area contributed by atoms with Gasteiger partial charge in [0, 0.05) is 20.0 Å². The summed E-state index contributed by atoms with van der Waals surface area (Å²) in [6.45, 7) is 5.55. The molecule has 5 nitrogen and oxygen atoms in total. The highest BCUT2D eigenvalue weighted by molar-refractivity contribution is 8.14. The Morgan fingerprint density at radius 3 is 2.22 bits per heavy atom. The Bertz CT molecular complexity index is 877. The number of nitrogens with zero attached hydrogens (tertiary/aromatic N) is 2. The van der Waals surface area contributed by atoms with Gasteiger partial charge in [0.05, 0.1) is 31.5 Å². The fourth-order valence-corrected chi connectivity index (χ4v) is 5.53. The maximum Gasteiger partial charge on any atom is 0.161 e. The van der Waals surface area contributed by atoms with Crippen LogP contribution in [0.25, 0.3) is 0 Å². The van der Waals surface area contributed by atoms with E-state index in [4.69, 9.17) is 19.2 Å². The number of rotatable bonds is 8. The molecule has 0 amide bonds. The van der Waals surface area contributed by atoms with Gasteiger partial charge < -0.3 is 19.1 Å².